The van der Waals surface area contributed by atoms with Crippen molar-refractivity contribution in [2.24, 2.45) is 0 Å². The first-order chi connectivity index (χ1) is 17.6. The monoisotopic (exact) mass is 563 g/mol. The summed E-state index contributed by atoms with van der Waals surface area (Å²) in [5.74, 6) is 0.580. The largest absolute Gasteiger partial charge is 0.456 e. The molecule has 196 valence electrons. The number of benzene rings is 2. The second kappa shape index (κ2) is 11.5. The van der Waals surface area contributed by atoms with Crippen LogP contribution in [0, 0.1) is 0 Å². The molecule has 1 unspecified atom stereocenters. The van der Waals surface area contributed by atoms with Crippen LogP contribution in [0.2, 0.25) is 10.0 Å². The van der Waals surface area contributed by atoms with E-state index in [4.69, 9.17) is 27.9 Å². The van der Waals surface area contributed by atoms with Crippen LogP contribution in [0.5, 0.6) is 11.5 Å². The molecule has 0 saturated carbocycles. The van der Waals surface area contributed by atoms with Crippen molar-refractivity contribution in [2.45, 2.75) is 26.3 Å². The first-order valence-electron chi connectivity index (χ1n) is 11.7. The number of ether oxygens (including phenoxy) is 1. The molecule has 0 bridgehead atoms. The number of hydrogen-bond donors (Lipinski definition) is 2. The Labute approximate surface area is 226 Å². The van der Waals surface area contributed by atoms with E-state index in [2.05, 4.69) is 32.4 Å². The van der Waals surface area contributed by atoms with E-state index >= 15 is 0 Å². The van der Waals surface area contributed by atoms with Gasteiger partial charge in [-0.1, -0.05) is 36.2 Å². The number of sulfone groups is 1. The number of hydrogen-bond acceptors (Lipinski definition) is 8. The van der Waals surface area contributed by atoms with Gasteiger partial charge in [-0.2, -0.15) is 0 Å². The van der Waals surface area contributed by atoms with Crippen molar-refractivity contribution in [1.29, 1.82) is 0 Å². The Morgan fingerprint density at radius 2 is 2.00 bits per heavy atom. The lowest BCUT2D eigenvalue weighted by Gasteiger charge is -2.26. The molecule has 0 spiro atoms. The SMILES string of the molecule is CCS(=O)(=O)CC(=O)NCCN1c2c(ncnc2Nc2ccc(Oc3cccc(Cl)c3)c(Cl)c2)CC1C. The fourth-order valence-corrected chi connectivity index (χ4v) is 5.13. The molecule has 1 aliphatic rings. The molecule has 3 aromatic rings. The third-order valence-corrected chi connectivity index (χ3v) is 8.00. The van der Waals surface area contributed by atoms with Gasteiger partial charge >= 0.3 is 0 Å². The van der Waals surface area contributed by atoms with Crippen molar-refractivity contribution < 1.29 is 17.9 Å². The minimum absolute atomic E-state index is 0.0684. The number of carbonyl (C=O) groups is 1. The van der Waals surface area contributed by atoms with Crippen molar-refractivity contribution in [3.8, 4) is 11.5 Å². The van der Waals surface area contributed by atoms with Crippen molar-refractivity contribution >= 4 is 56.1 Å². The predicted octanol–water partition coefficient (Wildman–Crippen LogP) is 4.62. The molecule has 0 fully saturated rings. The number of aromatic nitrogens is 2. The molecule has 12 heteroatoms. The molecule has 0 aliphatic carbocycles. The van der Waals surface area contributed by atoms with E-state index in [9.17, 15) is 13.2 Å². The maximum Gasteiger partial charge on any atom is 0.235 e. The van der Waals surface area contributed by atoms with Crippen LogP contribution in [-0.4, -0.2) is 54.9 Å². The van der Waals surface area contributed by atoms with Gasteiger partial charge in [0.1, 0.15) is 29.3 Å². The molecule has 1 atom stereocenters. The van der Waals surface area contributed by atoms with Crippen LogP contribution in [-0.2, 0) is 21.1 Å². The number of nitrogens with one attached hydrogen (secondary N) is 2. The molecule has 2 aromatic carbocycles. The zero-order valence-electron chi connectivity index (χ0n) is 20.4. The van der Waals surface area contributed by atoms with E-state index in [1.54, 1.807) is 36.4 Å². The zero-order chi connectivity index (χ0) is 26.6. The van der Waals surface area contributed by atoms with Crippen LogP contribution in [0.25, 0.3) is 0 Å². The summed E-state index contributed by atoms with van der Waals surface area (Å²) >= 11 is 12.5. The molecule has 2 N–H and O–H groups in total. The van der Waals surface area contributed by atoms with Crippen LogP contribution in [0.15, 0.2) is 48.8 Å². The van der Waals surface area contributed by atoms with Crippen molar-refractivity contribution in [3.63, 3.8) is 0 Å². The molecule has 4 rings (SSSR count). The molecule has 0 radical (unpaired) electrons. The highest BCUT2D eigenvalue weighted by Crippen LogP contribution is 2.38. The quantitative estimate of drug-likeness (QED) is 0.367. The summed E-state index contributed by atoms with van der Waals surface area (Å²) in [6, 6.07) is 12.5. The van der Waals surface area contributed by atoms with Gasteiger partial charge in [0, 0.05) is 42.0 Å². The highest BCUT2D eigenvalue weighted by Gasteiger charge is 2.30. The Hall–Kier alpha value is -3.08. The number of carbonyl (C=O) groups excluding carboxylic acids is 1. The van der Waals surface area contributed by atoms with E-state index in [0.29, 0.717) is 39.6 Å². The van der Waals surface area contributed by atoms with E-state index in [0.717, 1.165) is 17.8 Å². The summed E-state index contributed by atoms with van der Waals surface area (Å²) in [6.07, 6.45) is 2.23. The fraction of sp³-hybridized carbons (Fsp3) is 0.320. The molecule has 0 saturated heterocycles. The van der Waals surface area contributed by atoms with E-state index < -0.39 is 21.5 Å². The van der Waals surface area contributed by atoms with Gasteiger partial charge in [-0.3, -0.25) is 4.79 Å². The Balaban J connectivity index is 1.46. The third-order valence-electron chi connectivity index (χ3n) is 5.89. The second-order valence-corrected chi connectivity index (χ2v) is 11.8. The Morgan fingerprint density at radius 3 is 2.73 bits per heavy atom. The molecular weight excluding hydrogens is 537 g/mol. The number of amides is 1. The smallest absolute Gasteiger partial charge is 0.235 e. The van der Waals surface area contributed by atoms with Gasteiger partial charge in [-0.25, -0.2) is 18.4 Å². The van der Waals surface area contributed by atoms with Crippen LogP contribution in [0.4, 0.5) is 17.2 Å². The third kappa shape index (κ3) is 6.82. The highest BCUT2D eigenvalue weighted by molar-refractivity contribution is 7.92. The lowest BCUT2D eigenvalue weighted by Crippen LogP contribution is -2.40. The summed E-state index contributed by atoms with van der Waals surface area (Å²) in [5.41, 5.74) is 2.43. The summed E-state index contributed by atoms with van der Waals surface area (Å²) in [6.45, 7) is 4.35. The fourth-order valence-electron chi connectivity index (χ4n) is 4.02. The summed E-state index contributed by atoms with van der Waals surface area (Å²) in [4.78, 5) is 23.0. The molecule has 1 aromatic heterocycles. The minimum Gasteiger partial charge on any atom is -0.456 e. The van der Waals surface area contributed by atoms with Gasteiger partial charge < -0.3 is 20.3 Å². The van der Waals surface area contributed by atoms with E-state index in [1.165, 1.54) is 13.3 Å². The maximum absolute atomic E-state index is 12.0. The van der Waals surface area contributed by atoms with Crippen molar-refractivity contribution in [3.05, 3.63) is 64.5 Å². The van der Waals surface area contributed by atoms with Gasteiger partial charge in [0.05, 0.1) is 10.7 Å². The average molecular weight is 564 g/mol. The lowest BCUT2D eigenvalue weighted by molar-refractivity contribution is -0.118. The highest BCUT2D eigenvalue weighted by atomic mass is 35.5. The normalized spacial score (nSPS) is 14.8. The van der Waals surface area contributed by atoms with Gasteiger partial charge in [-0.15, -0.1) is 0 Å². The first-order valence-corrected chi connectivity index (χ1v) is 14.3. The predicted molar refractivity (Wildman–Crippen MR) is 146 cm³/mol. The Morgan fingerprint density at radius 1 is 1.19 bits per heavy atom. The van der Waals surface area contributed by atoms with Crippen LogP contribution >= 0.6 is 23.2 Å². The molecule has 1 amide bonds. The average Bonchev–Trinajstić information content (AvgIpc) is 3.16. The van der Waals surface area contributed by atoms with Gasteiger partial charge in [-0.05, 0) is 43.3 Å². The summed E-state index contributed by atoms with van der Waals surface area (Å²) < 4.78 is 29.2. The molecule has 2 heterocycles. The summed E-state index contributed by atoms with van der Waals surface area (Å²) in [7, 11) is -3.38. The number of halogens is 2. The zero-order valence-corrected chi connectivity index (χ0v) is 22.7. The minimum atomic E-state index is -3.38. The first kappa shape index (κ1) is 27.0. The second-order valence-electron chi connectivity index (χ2n) is 8.62. The van der Waals surface area contributed by atoms with Crippen LogP contribution < -0.4 is 20.3 Å². The molecule has 1 aliphatic heterocycles. The van der Waals surface area contributed by atoms with E-state index in [1.807, 2.05) is 6.07 Å². The number of nitrogens with zero attached hydrogens (tertiary/aromatic N) is 3. The standard InChI is InChI=1S/C25H27Cl2N5O4S/c1-3-37(34,35)14-23(33)28-9-10-32-16(2)11-21-24(32)25(30-15-29-21)31-18-7-8-22(20(27)13-18)36-19-6-4-5-17(26)12-19/h4-8,12-13,15-16H,3,9-11,14H2,1-2H3,(H,28,33)(H,29,30,31). The molecular formula is C25H27Cl2N5O4S. The van der Waals surface area contributed by atoms with Crippen molar-refractivity contribution in [1.82, 2.24) is 15.3 Å². The number of anilines is 3. The molecule has 9 nitrogen and oxygen atoms in total. The van der Waals surface area contributed by atoms with Crippen molar-refractivity contribution in [2.75, 3.05) is 34.8 Å². The summed E-state index contributed by atoms with van der Waals surface area (Å²) in [5, 5.41) is 6.98. The lowest BCUT2D eigenvalue weighted by atomic mass is 10.2. The Kier molecular flexibility index (Phi) is 8.41. The van der Waals surface area contributed by atoms with Gasteiger partial charge in [0.2, 0.25) is 5.91 Å². The Bertz CT molecular complexity index is 1400. The molecule has 37 heavy (non-hydrogen) atoms. The number of rotatable bonds is 10. The maximum atomic E-state index is 12.0. The topological polar surface area (TPSA) is 114 Å². The van der Waals surface area contributed by atoms with Gasteiger partial charge in [0.15, 0.2) is 15.7 Å². The van der Waals surface area contributed by atoms with Crippen LogP contribution in [0.3, 0.4) is 0 Å². The van der Waals surface area contributed by atoms with Gasteiger partial charge in [0.25, 0.3) is 0 Å². The van der Waals surface area contributed by atoms with Crippen LogP contribution in [0.1, 0.15) is 19.5 Å². The number of fused-ring (bicyclic) bond motifs is 1. The van der Waals surface area contributed by atoms with E-state index in [-0.39, 0.29) is 18.3 Å².